The van der Waals surface area contributed by atoms with Crippen molar-refractivity contribution in [3.05, 3.63) is 85.2 Å². The second-order valence-corrected chi connectivity index (χ2v) is 7.40. The van der Waals surface area contributed by atoms with Crippen LogP contribution in [0.15, 0.2) is 90.3 Å². The van der Waals surface area contributed by atoms with Crippen molar-refractivity contribution in [1.29, 1.82) is 0 Å². The van der Waals surface area contributed by atoms with Crippen LogP contribution < -0.4 is 10.1 Å². The number of carbonyl (C=O) groups excluding carboxylic acids is 1. The SMILES string of the molecule is COc1ccc(-n2cnnc2SCC(=O)Nc2ccc(-c3ccccc3)cc2)cc1. The number of hydrogen-bond donors (Lipinski definition) is 1. The fraction of sp³-hybridized carbons (Fsp3) is 0.0870. The number of nitrogens with one attached hydrogen (secondary N) is 1. The molecule has 150 valence electrons. The van der Waals surface area contributed by atoms with Gasteiger partial charge in [-0.25, -0.2) is 0 Å². The van der Waals surface area contributed by atoms with E-state index in [0.717, 1.165) is 28.3 Å². The fourth-order valence-electron chi connectivity index (χ4n) is 2.95. The summed E-state index contributed by atoms with van der Waals surface area (Å²) in [6, 6.07) is 25.5. The summed E-state index contributed by atoms with van der Waals surface area (Å²) in [7, 11) is 1.63. The number of carbonyl (C=O) groups is 1. The van der Waals surface area contributed by atoms with Gasteiger partial charge in [0.15, 0.2) is 5.16 Å². The topological polar surface area (TPSA) is 69.0 Å². The second kappa shape index (κ2) is 9.28. The minimum Gasteiger partial charge on any atom is -0.497 e. The van der Waals surface area contributed by atoms with Crippen LogP contribution in [0.1, 0.15) is 0 Å². The van der Waals surface area contributed by atoms with Crippen LogP contribution in [-0.4, -0.2) is 33.5 Å². The van der Waals surface area contributed by atoms with Crippen molar-refractivity contribution < 1.29 is 9.53 Å². The highest BCUT2D eigenvalue weighted by atomic mass is 32.2. The van der Waals surface area contributed by atoms with Crippen molar-refractivity contribution >= 4 is 23.4 Å². The lowest BCUT2D eigenvalue weighted by Crippen LogP contribution is -2.14. The summed E-state index contributed by atoms with van der Waals surface area (Å²) < 4.78 is 7.03. The van der Waals surface area contributed by atoms with Gasteiger partial charge < -0.3 is 10.1 Å². The van der Waals surface area contributed by atoms with E-state index < -0.39 is 0 Å². The van der Waals surface area contributed by atoms with E-state index in [2.05, 4.69) is 27.6 Å². The zero-order valence-electron chi connectivity index (χ0n) is 16.4. The summed E-state index contributed by atoms with van der Waals surface area (Å²) >= 11 is 1.33. The van der Waals surface area contributed by atoms with Gasteiger partial charge in [0.05, 0.1) is 12.9 Å². The maximum Gasteiger partial charge on any atom is 0.234 e. The molecule has 1 N–H and O–H groups in total. The van der Waals surface area contributed by atoms with Crippen molar-refractivity contribution in [3.63, 3.8) is 0 Å². The predicted molar refractivity (Wildman–Crippen MR) is 119 cm³/mol. The summed E-state index contributed by atoms with van der Waals surface area (Å²) in [6.07, 6.45) is 1.63. The Morgan fingerprint density at radius 3 is 2.37 bits per heavy atom. The van der Waals surface area contributed by atoms with Gasteiger partial charge in [-0.05, 0) is 47.5 Å². The molecule has 0 unspecified atom stereocenters. The van der Waals surface area contributed by atoms with Gasteiger partial charge in [0, 0.05) is 11.4 Å². The Labute approximate surface area is 178 Å². The quantitative estimate of drug-likeness (QED) is 0.443. The third-order valence-electron chi connectivity index (χ3n) is 4.48. The largest absolute Gasteiger partial charge is 0.497 e. The van der Waals surface area contributed by atoms with Crippen LogP contribution >= 0.6 is 11.8 Å². The molecule has 0 aliphatic heterocycles. The van der Waals surface area contributed by atoms with Crippen LogP contribution in [0.5, 0.6) is 5.75 Å². The second-order valence-electron chi connectivity index (χ2n) is 6.46. The first-order chi connectivity index (χ1) is 14.7. The molecule has 1 aromatic heterocycles. The first-order valence-electron chi connectivity index (χ1n) is 9.35. The van der Waals surface area contributed by atoms with Crippen LogP contribution in [0.4, 0.5) is 5.69 Å². The monoisotopic (exact) mass is 416 g/mol. The van der Waals surface area contributed by atoms with Crippen LogP contribution in [0.2, 0.25) is 0 Å². The smallest absolute Gasteiger partial charge is 0.234 e. The van der Waals surface area contributed by atoms with Gasteiger partial charge in [-0.1, -0.05) is 54.2 Å². The summed E-state index contributed by atoms with van der Waals surface area (Å²) in [6.45, 7) is 0. The molecule has 4 rings (SSSR count). The van der Waals surface area contributed by atoms with E-state index in [0.29, 0.717) is 5.16 Å². The average Bonchev–Trinajstić information content (AvgIpc) is 3.27. The minimum atomic E-state index is -0.100. The third kappa shape index (κ3) is 4.69. The van der Waals surface area contributed by atoms with E-state index >= 15 is 0 Å². The molecule has 0 bridgehead atoms. The van der Waals surface area contributed by atoms with Gasteiger partial charge in [0.1, 0.15) is 12.1 Å². The molecule has 4 aromatic rings. The zero-order chi connectivity index (χ0) is 20.8. The standard InChI is InChI=1S/C23H20N4O2S/c1-29-21-13-11-20(12-14-21)27-16-24-26-23(27)30-15-22(28)25-19-9-7-18(8-10-19)17-5-3-2-4-6-17/h2-14,16H,15H2,1H3,(H,25,28). The zero-order valence-corrected chi connectivity index (χ0v) is 17.2. The molecule has 0 radical (unpaired) electrons. The summed E-state index contributed by atoms with van der Waals surface area (Å²) in [5.74, 6) is 0.908. The normalized spacial score (nSPS) is 10.6. The number of methoxy groups -OCH3 is 1. The van der Waals surface area contributed by atoms with Gasteiger partial charge >= 0.3 is 0 Å². The molecular weight excluding hydrogens is 396 g/mol. The Morgan fingerprint density at radius 2 is 1.67 bits per heavy atom. The predicted octanol–water partition coefficient (Wildman–Crippen LogP) is 4.67. The molecule has 0 saturated heterocycles. The molecule has 0 fully saturated rings. The molecule has 0 spiro atoms. The van der Waals surface area contributed by atoms with E-state index in [1.54, 1.807) is 13.4 Å². The van der Waals surface area contributed by atoms with Crippen molar-refractivity contribution in [2.75, 3.05) is 18.2 Å². The van der Waals surface area contributed by atoms with Crippen molar-refractivity contribution in [2.45, 2.75) is 5.16 Å². The number of thioether (sulfide) groups is 1. The highest BCUT2D eigenvalue weighted by molar-refractivity contribution is 7.99. The lowest BCUT2D eigenvalue weighted by molar-refractivity contribution is -0.113. The third-order valence-corrected chi connectivity index (χ3v) is 5.42. The van der Waals surface area contributed by atoms with E-state index in [-0.39, 0.29) is 11.7 Å². The molecule has 7 heteroatoms. The molecule has 30 heavy (non-hydrogen) atoms. The lowest BCUT2D eigenvalue weighted by atomic mass is 10.1. The number of ether oxygens (including phenoxy) is 1. The first-order valence-corrected chi connectivity index (χ1v) is 10.3. The number of nitrogens with zero attached hydrogens (tertiary/aromatic N) is 3. The minimum absolute atomic E-state index is 0.100. The van der Waals surface area contributed by atoms with Crippen molar-refractivity contribution in [1.82, 2.24) is 14.8 Å². The molecule has 0 aliphatic carbocycles. The number of anilines is 1. The highest BCUT2D eigenvalue weighted by Gasteiger charge is 2.11. The van der Waals surface area contributed by atoms with Gasteiger partial charge in [-0.15, -0.1) is 10.2 Å². The van der Waals surface area contributed by atoms with Crippen LogP contribution in [-0.2, 0) is 4.79 Å². The molecule has 3 aromatic carbocycles. The van der Waals surface area contributed by atoms with Gasteiger partial charge in [0.2, 0.25) is 5.91 Å². The molecule has 0 atom stereocenters. The molecule has 6 nitrogen and oxygen atoms in total. The Bertz CT molecular complexity index is 1110. The maximum absolute atomic E-state index is 12.4. The van der Waals surface area contributed by atoms with E-state index in [9.17, 15) is 4.79 Å². The Morgan fingerprint density at radius 1 is 0.967 bits per heavy atom. The van der Waals surface area contributed by atoms with Gasteiger partial charge in [-0.2, -0.15) is 0 Å². The number of hydrogen-bond acceptors (Lipinski definition) is 5. The first kappa shape index (κ1) is 19.7. The number of amides is 1. The summed E-state index contributed by atoms with van der Waals surface area (Å²) in [5, 5.41) is 11.7. The Balaban J connectivity index is 1.36. The average molecular weight is 417 g/mol. The molecule has 1 heterocycles. The number of aromatic nitrogens is 3. The van der Waals surface area contributed by atoms with E-state index in [1.807, 2.05) is 71.3 Å². The number of benzene rings is 3. The Hall–Kier alpha value is -3.58. The van der Waals surface area contributed by atoms with E-state index in [1.165, 1.54) is 11.8 Å². The Kier molecular flexibility index (Phi) is 6.10. The highest BCUT2D eigenvalue weighted by Crippen LogP contribution is 2.23. The van der Waals surface area contributed by atoms with E-state index in [4.69, 9.17) is 4.74 Å². The number of rotatable bonds is 7. The molecule has 0 saturated carbocycles. The van der Waals surface area contributed by atoms with Crippen molar-refractivity contribution in [2.24, 2.45) is 0 Å². The molecule has 0 aliphatic rings. The van der Waals surface area contributed by atoms with Crippen LogP contribution in [0, 0.1) is 0 Å². The van der Waals surface area contributed by atoms with Crippen molar-refractivity contribution in [3.8, 4) is 22.6 Å². The lowest BCUT2D eigenvalue weighted by Gasteiger charge is -2.08. The molecular formula is C23H20N4O2S. The van der Waals surface area contributed by atoms with Crippen LogP contribution in [0.3, 0.4) is 0 Å². The fourth-order valence-corrected chi connectivity index (χ4v) is 3.68. The summed E-state index contributed by atoms with van der Waals surface area (Å²) in [5.41, 5.74) is 3.91. The van der Waals surface area contributed by atoms with Gasteiger partial charge in [0.25, 0.3) is 0 Å². The van der Waals surface area contributed by atoms with Gasteiger partial charge in [-0.3, -0.25) is 9.36 Å². The molecule has 1 amide bonds. The maximum atomic E-state index is 12.4. The summed E-state index contributed by atoms with van der Waals surface area (Å²) in [4.78, 5) is 12.4. The van der Waals surface area contributed by atoms with Crippen LogP contribution in [0.25, 0.3) is 16.8 Å².